The van der Waals surface area contributed by atoms with Crippen LogP contribution in [0.2, 0.25) is 5.02 Å². The molecule has 0 aromatic heterocycles. The fourth-order valence-corrected chi connectivity index (χ4v) is 3.32. The third-order valence-electron chi connectivity index (χ3n) is 3.03. The molecule has 2 aromatic rings. The Hall–Kier alpha value is -0.960. The van der Waals surface area contributed by atoms with Crippen LogP contribution < -0.4 is 5.73 Å². The third-order valence-corrected chi connectivity index (χ3v) is 4.73. The Bertz CT molecular complexity index is 568. The first-order valence-electron chi connectivity index (χ1n) is 6.29. The first kappa shape index (κ1) is 14.4. The maximum atomic E-state index is 6.05. The van der Waals surface area contributed by atoms with Crippen molar-refractivity contribution in [2.45, 2.75) is 24.0 Å². The van der Waals surface area contributed by atoms with E-state index in [0.717, 1.165) is 5.02 Å². The molecule has 2 rings (SSSR count). The van der Waals surface area contributed by atoms with Crippen LogP contribution in [0.15, 0.2) is 47.4 Å². The molecular formula is C16H18ClNS. The van der Waals surface area contributed by atoms with E-state index in [-0.39, 0.29) is 5.25 Å². The molecule has 0 bridgehead atoms. The molecule has 0 fully saturated rings. The molecule has 0 aliphatic carbocycles. The summed E-state index contributed by atoms with van der Waals surface area (Å²) in [4.78, 5) is 1.28. The predicted molar refractivity (Wildman–Crippen MR) is 85.0 cm³/mol. The van der Waals surface area contributed by atoms with Gasteiger partial charge in [-0.2, -0.15) is 0 Å². The molecule has 0 saturated carbocycles. The molecule has 0 radical (unpaired) electrons. The van der Waals surface area contributed by atoms with Gasteiger partial charge in [-0.1, -0.05) is 41.4 Å². The second kappa shape index (κ2) is 6.47. The van der Waals surface area contributed by atoms with E-state index in [2.05, 4.69) is 38.1 Å². The van der Waals surface area contributed by atoms with Gasteiger partial charge < -0.3 is 5.73 Å². The van der Waals surface area contributed by atoms with E-state index < -0.39 is 0 Å². The number of benzene rings is 2. The fraction of sp³-hybridized carbons (Fsp3) is 0.250. The molecule has 1 unspecified atom stereocenters. The van der Waals surface area contributed by atoms with Crippen molar-refractivity contribution in [3.8, 4) is 0 Å². The lowest BCUT2D eigenvalue weighted by atomic mass is 10.1. The third kappa shape index (κ3) is 3.75. The molecule has 0 aliphatic rings. The van der Waals surface area contributed by atoms with Gasteiger partial charge in [0, 0.05) is 21.7 Å². The van der Waals surface area contributed by atoms with E-state index in [1.54, 1.807) is 11.8 Å². The first-order chi connectivity index (χ1) is 9.10. The molecule has 3 heteroatoms. The molecule has 0 spiro atoms. The topological polar surface area (TPSA) is 26.0 Å². The Labute approximate surface area is 124 Å². The molecule has 0 saturated heterocycles. The summed E-state index contributed by atoms with van der Waals surface area (Å²) in [5, 5.41) is 0.997. The van der Waals surface area contributed by atoms with E-state index in [4.69, 9.17) is 17.3 Å². The van der Waals surface area contributed by atoms with Gasteiger partial charge >= 0.3 is 0 Å². The summed E-state index contributed by atoms with van der Waals surface area (Å²) in [5.74, 6) is 0. The van der Waals surface area contributed by atoms with E-state index in [1.165, 1.54) is 21.6 Å². The number of thioether (sulfide) groups is 1. The average Bonchev–Trinajstić information content (AvgIpc) is 2.38. The minimum atomic E-state index is 0.236. The molecule has 2 N–H and O–H groups in total. The number of hydrogen-bond acceptors (Lipinski definition) is 2. The van der Waals surface area contributed by atoms with Crippen molar-refractivity contribution >= 4 is 23.4 Å². The number of halogens is 1. The van der Waals surface area contributed by atoms with Crippen molar-refractivity contribution in [1.29, 1.82) is 0 Å². The van der Waals surface area contributed by atoms with Crippen molar-refractivity contribution in [3.63, 3.8) is 0 Å². The Kier molecular flexibility index (Phi) is 4.92. The summed E-state index contributed by atoms with van der Waals surface area (Å²) in [6, 6.07) is 14.5. The maximum absolute atomic E-state index is 6.05. The molecule has 100 valence electrons. The highest BCUT2D eigenvalue weighted by molar-refractivity contribution is 7.99. The van der Waals surface area contributed by atoms with E-state index in [1.807, 2.05) is 18.2 Å². The zero-order valence-electron chi connectivity index (χ0n) is 11.2. The summed E-state index contributed by atoms with van der Waals surface area (Å²) in [6.07, 6.45) is 0. The van der Waals surface area contributed by atoms with Crippen LogP contribution in [0.25, 0.3) is 0 Å². The van der Waals surface area contributed by atoms with E-state index in [9.17, 15) is 0 Å². The number of rotatable bonds is 4. The number of aryl methyl sites for hydroxylation is 2. The lowest BCUT2D eigenvalue weighted by Crippen LogP contribution is -2.09. The number of nitrogens with two attached hydrogens (primary N) is 1. The zero-order valence-corrected chi connectivity index (χ0v) is 12.8. The molecule has 0 heterocycles. The van der Waals surface area contributed by atoms with Gasteiger partial charge in [0.2, 0.25) is 0 Å². The summed E-state index contributed by atoms with van der Waals surface area (Å²) in [6.45, 7) is 4.85. The summed E-state index contributed by atoms with van der Waals surface area (Å²) < 4.78 is 0. The van der Waals surface area contributed by atoms with Crippen LogP contribution in [0.1, 0.15) is 21.9 Å². The quantitative estimate of drug-likeness (QED) is 0.823. The van der Waals surface area contributed by atoms with Crippen LogP contribution >= 0.6 is 23.4 Å². The van der Waals surface area contributed by atoms with Crippen LogP contribution in [0, 0.1) is 13.8 Å². The number of hydrogen-bond donors (Lipinski definition) is 1. The highest BCUT2D eigenvalue weighted by Crippen LogP contribution is 2.37. The van der Waals surface area contributed by atoms with E-state index in [0.29, 0.717) is 6.54 Å². The minimum Gasteiger partial charge on any atom is -0.329 e. The van der Waals surface area contributed by atoms with Gasteiger partial charge in [0.25, 0.3) is 0 Å². The molecule has 1 nitrogen and oxygen atoms in total. The highest BCUT2D eigenvalue weighted by atomic mass is 35.5. The van der Waals surface area contributed by atoms with Gasteiger partial charge in [-0.15, -0.1) is 11.8 Å². The molecule has 0 aliphatic heterocycles. The summed E-state index contributed by atoms with van der Waals surface area (Å²) in [5.41, 5.74) is 9.68. The van der Waals surface area contributed by atoms with E-state index >= 15 is 0 Å². The van der Waals surface area contributed by atoms with Gasteiger partial charge in [0.05, 0.1) is 0 Å². The van der Waals surface area contributed by atoms with Crippen LogP contribution in [-0.2, 0) is 0 Å². The Morgan fingerprint density at radius 1 is 1.16 bits per heavy atom. The van der Waals surface area contributed by atoms with Crippen molar-refractivity contribution in [2.24, 2.45) is 5.73 Å². The first-order valence-corrected chi connectivity index (χ1v) is 7.55. The zero-order chi connectivity index (χ0) is 13.8. The normalized spacial score (nSPS) is 12.4. The van der Waals surface area contributed by atoms with Crippen molar-refractivity contribution in [2.75, 3.05) is 6.54 Å². The Balaban J connectivity index is 2.24. The molecule has 0 amide bonds. The Morgan fingerprint density at radius 3 is 2.58 bits per heavy atom. The summed E-state index contributed by atoms with van der Waals surface area (Å²) >= 11 is 7.85. The molecular weight excluding hydrogens is 274 g/mol. The summed E-state index contributed by atoms with van der Waals surface area (Å²) in [7, 11) is 0. The lowest BCUT2D eigenvalue weighted by molar-refractivity contribution is 0.940. The van der Waals surface area contributed by atoms with Crippen molar-refractivity contribution in [1.82, 2.24) is 0 Å². The standard InChI is InChI=1S/C16H18ClNS/c1-11-6-7-15(12(2)8-11)19-16(10-18)13-4-3-5-14(17)9-13/h3-9,16H,10,18H2,1-2H3. The smallest absolute Gasteiger partial charge is 0.0467 e. The van der Waals surface area contributed by atoms with Gasteiger partial charge in [0.1, 0.15) is 0 Å². The van der Waals surface area contributed by atoms with Crippen LogP contribution in [0.3, 0.4) is 0 Å². The van der Waals surface area contributed by atoms with Crippen LogP contribution in [0.4, 0.5) is 0 Å². The lowest BCUT2D eigenvalue weighted by Gasteiger charge is -2.17. The molecule has 19 heavy (non-hydrogen) atoms. The second-order valence-corrected chi connectivity index (χ2v) is 6.35. The van der Waals surface area contributed by atoms with Gasteiger partial charge in [-0.3, -0.25) is 0 Å². The van der Waals surface area contributed by atoms with Crippen LogP contribution in [-0.4, -0.2) is 6.54 Å². The second-order valence-electron chi connectivity index (χ2n) is 4.67. The van der Waals surface area contributed by atoms with Crippen LogP contribution in [0.5, 0.6) is 0 Å². The minimum absolute atomic E-state index is 0.236. The molecule has 2 aromatic carbocycles. The largest absolute Gasteiger partial charge is 0.329 e. The fourth-order valence-electron chi connectivity index (χ4n) is 2.04. The molecule has 1 atom stereocenters. The predicted octanol–water partition coefficient (Wildman–Crippen LogP) is 4.75. The average molecular weight is 292 g/mol. The van der Waals surface area contributed by atoms with Gasteiger partial charge in [-0.25, -0.2) is 0 Å². The SMILES string of the molecule is Cc1ccc(SC(CN)c2cccc(Cl)c2)c(C)c1. The maximum Gasteiger partial charge on any atom is 0.0467 e. The van der Waals surface area contributed by atoms with Crippen molar-refractivity contribution in [3.05, 3.63) is 64.2 Å². The Morgan fingerprint density at radius 2 is 1.95 bits per heavy atom. The highest BCUT2D eigenvalue weighted by Gasteiger charge is 2.13. The van der Waals surface area contributed by atoms with Crippen molar-refractivity contribution < 1.29 is 0 Å². The monoisotopic (exact) mass is 291 g/mol. The van der Waals surface area contributed by atoms with Gasteiger partial charge in [0.15, 0.2) is 0 Å². The van der Waals surface area contributed by atoms with Gasteiger partial charge in [-0.05, 0) is 43.2 Å².